The Bertz CT molecular complexity index is 348. The predicted octanol–water partition coefficient (Wildman–Crippen LogP) is 2.87. The van der Waals surface area contributed by atoms with Gasteiger partial charge in [-0.15, -0.1) is 0 Å². The van der Waals surface area contributed by atoms with Gasteiger partial charge in [0, 0.05) is 24.5 Å². The van der Waals surface area contributed by atoms with Crippen LogP contribution in [0.5, 0.6) is 0 Å². The number of hydrogen-bond acceptors (Lipinski definition) is 3. The average Bonchev–Trinajstić information content (AvgIpc) is 2.56. The van der Waals surface area contributed by atoms with Gasteiger partial charge in [-0.1, -0.05) is 12.8 Å². The summed E-state index contributed by atoms with van der Waals surface area (Å²) in [5.74, 6) is 0. The lowest BCUT2D eigenvalue weighted by Gasteiger charge is -2.20. The quantitative estimate of drug-likeness (QED) is 0.804. The number of benzene rings is 1. The second-order valence-corrected chi connectivity index (χ2v) is 5.32. The first-order valence-electron chi connectivity index (χ1n) is 7.07. The molecule has 0 bridgehead atoms. The van der Waals surface area contributed by atoms with Crippen LogP contribution in [-0.4, -0.2) is 31.1 Å². The summed E-state index contributed by atoms with van der Waals surface area (Å²) in [7, 11) is 0. The Balaban J connectivity index is 1.77. The SMILES string of the molecule is Cc1cc(N)cc(NCCN2CCCCCC2)c1. The van der Waals surface area contributed by atoms with Crippen molar-refractivity contribution in [3.8, 4) is 0 Å². The van der Waals surface area contributed by atoms with Crippen LogP contribution < -0.4 is 11.1 Å². The van der Waals surface area contributed by atoms with Crippen LogP contribution in [-0.2, 0) is 0 Å². The van der Waals surface area contributed by atoms with Gasteiger partial charge < -0.3 is 16.0 Å². The first-order valence-corrected chi connectivity index (χ1v) is 7.07. The number of nitrogen functional groups attached to an aromatic ring is 1. The van der Waals surface area contributed by atoms with Gasteiger partial charge in [0.1, 0.15) is 0 Å². The number of nitrogens with one attached hydrogen (secondary N) is 1. The molecule has 1 saturated heterocycles. The van der Waals surface area contributed by atoms with Gasteiger partial charge in [0.05, 0.1) is 0 Å². The van der Waals surface area contributed by atoms with E-state index < -0.39 is 0 Å². The van der Waals surface area contributed by atoms with Crippen molar-refractivity contribution in [2.24, 2.45) is 0 Å². The van der Waals surface area contributed by atoms with E-state index in [2.05, 4.69) is 23.2 Å². The van der Waals surface area contributed by atoms with Crippen molar-refractivity contribution in [1.82, 2.24) is 4.90 Å². The van der Waals surface area contributed by atoms with Crippen molar-refractivity contribution in [3.05, 3.63) is 23.8 Å². The largest absolute Gasteiger partial charge is 0.399 e. The summed E-state index contributed by atoms with van der Waals surface area (Å²) in [6.45, 7) is 6.74. The maximum Gasteiger partial charge on any atom is 0.0363 e. The number of hydrogen-bond donors (Lipinski definition) is 2. The number of likely N-dealkylation sites (tertiary alicyclic amines) is 1. The highest BCUT2D eigenvalue weighted by Crippen LogP contribution is 2.15. The molecule has 1 aromatic rings. The molecule has 1 aliphatic rings. The van der Waals surface area contributed by atoms with Crippen LogP contribution in [0.1, 0.15) is 31.2 Å². The average molecular weight is 247 g/mol. The molecule has 3 N–H and O–H groups in total. The zero-order chi connectivity index (χ0) is 12.8. The van der Waals surface area contributed by atoms with Crippen LogP contribution in [0.25, 0.3) is 0 Å². The highest BCUT2D eigenvalue weighted by atomic mass is 15.1. The normalized spacial score (nSPS) is 17.4. The summed E-state index contributed by atoms with van der Waals surface area (Å²) in [6.07, 6.45) is 5.52. The van der Waals surface area contributed by atoms with Gasteiger partial charge in [0.15, 0.2) is 0 Å². The van der Waals surface area contributed by atoms with Crippen LogP contribution in [0, 0.1) is 6.92 Å². The highest BCUT2D eigenvalue weighted by Gasteiger charge is 2.07. The lowest BCUT2D eigenvalue weighted by Crippen LogP contribution is -2.29. The zero-order valence-corrected chi connectivity index (χ0v) is 11.4. The Hall–Kier alpha value is -1.22. The summed E-state index contributed by atoms with van der Waals surface area (Å²) in [6, 6.07) is 6.16. The van der Waals surface area contributed by atoms with Crippen molar-refractivity contribution in [1.29, 1.82) is 0 Å². The minimum atomic E-state index is 0.840. The second-order valence-electron chi connectivity index (χ2n) is 5.32. The van der Waals surface area contributed by atoms with E-state index >= 15 is 0 Å². The fourth-order valence-electron chi connectivity index (χ4n) is 2.63. The molecule has 100 valence electrons. The fourth-order valence-corrected chi connectivity index (χ4v) is 2.63. The van der Waals surface area contributed by atoms with Gasteiger partial charge >= 0.3 is 0 Å². The molecule has 0 unspecified atom stereocenters. The topological polar surface area (TPSA) is 41.3 Å². The number of rotatable bonds is 4. The van der Waals surface area contributed by atoms with Crippen molar-refractivity contribution >= 4 is 11.4 Å². The second kappa shape index (κ2) is 6.64. The minimum absolute atomic E-state index is 0.840. The van der Waals surface area contributed by atoms with Crippen molar-refractivity contribution in [2.45, 2.75) is 32.6 Å². The molecule has 0 radical (unpaired) electrons. The number of aryl methyl sites for hydroxylation is 1. The highest BCUT2D eigenvalue weighted by molar-refractivity contribution is 5.56. The summed E-state index contributed by atoms with van der Waals surface area (Å²) in [4.78, 5) is 2.57. The van der Waals surface area contributed by atoms with Crippen molar-refractivity contribution in [2.75, 3.05) is 37.2 Å². The Morgan fingerprint density at radius 3 is 2.50 bits per heavy atom. The minimum Gasteiger partial charge on any atom is -0.399 e. The lowest BCUT2D eigenvalue weighted by atomic mass is 10.2. The Labute approximate surface area is 110 Å². The molecular weight excluding hydrogens is 222 g/mol. The van der Waals surface area contributed by atoms with E-state index in [1.165, 1.54) is 44.3 Å². The first-order chi connectivity index (χ1) is 8.74. The molecule has 2 rings (SSSR count). The zero-order valence-electron chi connectivity index (χ0n) is 11.4. The fraction of sp³-hybridized carbons (Fsp3) is 0.600. The van der Waals surface area contributed by atoms with Crippen LogP contribution in [0.3, 0.4) is 0 Å². The molecule has 0 aliphatic carbocycles. The molecule has 1 aromatic carbocycles. The molecule has 18 heavy (non-hydrogen) atoms. The number of nitrogens with two attached hydrogens (primary N) is 1. The van der Waals surface area contributed by atoms with Gasteiger partial charge in [-0.3, -0.25) is 0 Å². The summed E-state index contributed by atoms with van der Waals surface area (Å²) < 4.78 is 0. The van der Waals surface area contributed by atoms with Gasteiger partial charge in [0.25, 0.3) is 0 Å². The molecule has 0 atom stereocenters. The smallest absolute Gasteiger partial charge is 0.0363 e. The van der Waals surface area contributed by atoms with E-state index in [0.717, 1.165) is 24.5 Å². The van der Waals surface area contributed by atoms with E-state index in [1.54, 1.807) is 0 Å². The molecule has 1 heterocycles. The predicted molar refractivity (Wildman–Crippen MR) is 79.0 cm³/mol. The molecule has 1 aliphatic heterocycles. The first kappa shape index (κ1) is 13.2. The summed E-state index contributed by atoms with van der Waals surface area (Å²) in [5.41, 5.74) is 9.04. The molecule has 0 saturated carbocycles. The van der Waals surface area contributed by atoms with Gasteiger partial charge in [0.2, 0.25) is 0 Å². The lowest BCUT2D eigenvalue weighted by molar-refractivity contribution is 0.296. The standard InChI is InChI=1S/C15H25N3/c1-13-10-14(16)12-15(11-13)17-6-9-18-7-4-2-3-5-8-18/h10-12,17H,2-9,16H2,1H3. The number of anilines is 2. The molecule has 1 fully saturated rings. The van der Waals surface area contributed by atoms with E-state index in [0.29, 0.717) is 0 Å². The third-order valence-corrected chi connectivity index (χ3v) is 3.56. The molecule has 3 nitrogen and oxygen atoms in total. The van der Waals surface area contributed by atoms with Crippen LogP contribution in [0.4, 0.5) is 11.4 Å². The molecule has 0 aromatic heterocycles. The summed E-state index contributed by atoms with van der Waals surface area (Å²) in [5, 5.41) is 3.47. The van der Waals surface area contributed by atoms with Gasteiger partial charge in [-0.05, 0) is 56.6 Å². The van der Waals surface area contributed by atoms with Gasteiger partial charge in [-0.25, -0.2) is 0 Å². The van der Waals surface area contributed by atoms with E-state index in [-0.39, 0.29) is 0 Å². The molecule has 0 amide bonds. The Kier molecular flexibility index (Phi) is 4.88. The van der Waals surface area contributed by atoms with E-state index in [9.17, 15) is 0 Å². The van der Waals surface area contributed by atoms with Crippen molar-refractivity contribution < 1.29 is 0 Å². The molecule has 3 heteroatoms. The third-order valence-electron chi connectivity index (χ3n) is 3.56. The maximum absolute atomic E-state index is 5.84. The molecule has 0 spiro atoms. The van der Waals surface area contributed by atoms with Gasteiger partial charge in [-0.2, -0.15) is 0 Å². The van der Waals surface area contributed by atoms with E-state index in [4.69, 9.17) is 5.73 Å². The summed E-state index contributed by atoms with van der Waals surface area (Å²) >= 11 is 0. The third kappa shape index (κ3) is 4.22. The van der Waals surface area contributed by atoms with Crippen molar-refractivity contribution in [3.63, 3.8) is 0 Å². The Morgan fingerprint density at radius 2 is 1.83 bits per heavy atom. The number of nitrogens with zero attached hydrogens (tertiary/aromatic N) is 1. The maximum atomic E-state index is 5.84. The molecular formula is C15H25N3. The van der Waals surface area contributed by atoms with Crippen LogP contribution in [0.2, 0.25) is 0 Å². The monoisotopic (exact) mass is 247 g/mol. The Morgan fingerprint density at radius 1 is 1.11 bits per heavy atom. The van der Waals surface area contributed by atoms with Crippen LogP contribution >= 0.6 is 0 Å². The van der Waals surface area contributed by atoms with E-state index in [1.807, 2.05) is 12.1 Å². The van der Waals surface area contributed by atoms with Crippen LogP contribution in [0.15, 0.2) is 18.2 Å².